The van der Waals surface area contributed by atoms with Crippen LogP contribution in [-0.4, -0.2) is 25.1 Å². The number of ether oxygens (including phenoxy) is 3. The summed E-state index contributed by atoms with van der Waals surface area (Å²) in [6.07, 6.45) is 1.60. The molecule has 26 heavy (non-hydrogen) atoms. The Balaban J connectivity index is 1.93. The number of hydrogen-bond donors (Lipinski definition) is 0. The Morgan fingerprint density at radius 1 is 1.08 bits per heavy atom. The zero-order chi connectivity index (χ0) is 18.5. The van der Waals surface area contributed by atoms with E-state index in [0.29, 0.717) is 35.8 Å². The number of nitrogens with zero attached hydrogens (tertiary/aromatic N) is 1. The van der Waals surface area contributed by atoms with Gasteiger partial charge in [-0.2, -0.15) is 0 Å². The molecule has 0 atom stereocenters. The zero-order valence-electron chi connectivity index (χ0n) is 14.5. The summed E-state index contributed by atoms with van der Waals surface area (Å²) in [5.41, 5.74) is 1.36. The van der Waals surface area contributed by atoms with Gasteiger partial charge in [-0.15, -0.1) is 0 Å². The van der Waals surface area contributed by atoms with Gasteiger partial charge in [-0.05, 0) is 56.3 Å². The predicted molar refractivity (Wildman–Crippen MR) is 95.8 cm³/mol. The van der Waals surface area contributed by atoms with Gasteiger partial charge in [-0.25, -0.2) is 14.2 Å². The number of halogens is 1. The molecule has 0 spiro atoms. The minimum absolute atomic E-state index is 0.144. The Bertz CT molecular complexity index is 872. The van der Waals surface area contributed by atoms with Crippen molar-refractivity contribution in [2.45, 2.75) is 13.8 Å². The Morgan fingerprint density at radius 2 is 1.81 bits per heavy atom. The average molecular weight is 355 g/mol. The van der Waals surface area contributed by atoms with Crippen molar-refractivity contribution < 1.29 is 23.4 Å². The first-order valence-corrected chi connectivity index (χ1v) is 8.29. The van der Waals surface area contributed by atoms with E-state index in [1.54, 1.807) is 24.3 Å². The highest BCUT2D eigenvalue weighted by Gasteiger charge is 2.24. The van der Waals surface area contributed by atoms with Gasteiger partial charge in [0.2, 0.25) is 5.90 Å². The molecule has 0 unspecified atom stereocenters. The van der Waals surface area contributed by atoms with Crippen LogP contribution < -0.4 is 9.47 Å². The molecule has 0 saturated heterocycles. The van der Waals surface area contributed by atoms with Crippen molar-refractivity contribution in [3.8, 4) is 11.5 Å². The Morgan fingerprint density at radius 3 is 2.50 bits per heavy atom. The van der Waals surface area contributed by atoms with E-state index >= 15 is 0 Å². The molecule has 0 bridgehead atoms. The molecule has 2 aromatic carbocycles. The Labute approximate surface area is 150 Å². The first kappa shape index (κ1) is 17.7. The molecule has 0 N–H and O–H groups in total. The SMILES string of the molecule is CCOc1ccc(/C=C2\N=C(c3ccc(F)cc3)OC2=O)c(OCC)c1. The van der Waals surface area contributed by atoms with Crippen LogP contribution in [0.2, 0.25) is 0 Å². The standard InChI is InChI=1S/C20H18FNO4/c1-3-24-16-10-7-14(18(12-16)25-4-2)11-17-20(23)26-19(22-17)13-5-8-15(21)9-6-13/h5-12H,3-4H2,1-2H3/b17-11-. The van der Waals surface area contributed by atoms with Crippen LogP contribution in [0.3, 0.4) is 0 Å². The summed E-state index contributed by atoms with van der Waals surface area (Å²) in [5, 5.41) is 0. The minimum Gasteiger partial charge on any atom is -0.494 e. The second-order valence-corrected chi connectivity index (χ2v) is 5.41. The largest absolute Gasteiger partial charge is 0.494 e. The van der Waals surface area contributed by atoms with Crippen molar-refractivity contribution >= 4 is 17.9 Å². The van der Waals surface area contributed by atoms with Crippen LogP contribution in [0.25, 0.3) is 6.08 Å². The number of carbonyl (C=O) groups excluding carboxylic acids is 1. The zero-order valence-corrected chi connectivity index (χ0v) is 14.5. The number of carbonyl (C=O) groups is 1. The quantitative estimate of drug-likeness (QED) is 0.581. The number of benzene rings is 2. The maximum absolute atomic E-state index is 13.0. The molecule has 0 aliphatic carbocycles. The van der Waals surface area contributed by atoms with Crippen LogP contribution in [0.15, 0.2) is 53.2 Å². The molecule has 0 radical (unpaired) electrons. The molecule has 1 heterocycles. The van der Waals surface area contributed by atoms with Crippen molar-refractivity contribution in [1.29, 1.82) is 0 Å². The Kier molecular flexibility index (Phi) is 5.31. The molecule has 6 heteroatoms. The fourth-order valence-electron chi connectivity index (χ4n) is 2.44. The van der Waals surface area contributed by atoms with Gasteiger partial charge in [0.1, 0.15) is 17.3 Å². The van der Waals surface area contributed by atoms with E-state index in [0.717, 1.165) is 0 Å². The summed E-state index contributed by atoms with van der Waals surface area (Å²) in [6, 6.07) is 10.9. The summed E-state index contributed by atoms with van der Waals surface area (Å²) >= 11 is 0. The monoisotopic (exact) mass is 355 g/mol. The van der Waals surface area contributed by atoms with Crippen LogP contribution >= 0.6 is 0 Å². The van der Waals surface area contributed by atoms with Crippen LogP contribution in [0.4, 0.5) is 4.39 Å². The third-order valence-electron chi connectivity index (χ3n) is 3.60. The van der Waals surface area contributed by atoms with E-state index < -0.39 is 5.97 Å². The van der Waals surface area contributed by atoms with Crippen molar-refractivity contribution in [2.24, 2.45) is 4.99 Å². The molecular formula is C20H18FNO4. The average Bonchev–Trinajstić information content (AvgIpc) is 2.99. The normalized spacial score (nSPS) is 15.0. The lowest BCUT2D eigenvalue weighted by Crippen LogP contribution is -2.05. The first-order chi connectivity index (χ1) is 12.6. The van der Waals surface area contributed by atoms with Gasteiger partial charge < -0.3 is 14.2 Å². The number of aliphatic imine (C=N–C) groups is 1. The van der Waals surface area contributed by atoms with Gasteiger partial charge in [0, 0.05) is 17.2 Å². The fraction of sp³-hybridized carbons (Fsp3) is 0.200. The maximum Gasteiger partial charge on any atom is 0.363 e. The van der Waals surface area contributed by atoms with Gasteiger partial charge >= 0.3 is 5.97 Å². The predicted octanol–water partition coefficient (Wildman–Crippen LogP) is 3.97. The molecular weight excluding hydrogens is 337 g/mol. The molecule has 0 fully saturated rings. The summed E-state index contributed by atoms with van der Waals surface area (Å²) < 4.78 is 29.3. The summed E-state index contributed by atoms with van der Waals surface area (Å²) in [5.74, 6) is 0.475. The molecule has 134 valence electrons. The van der Waals surface area contributed by atoms with E-state index in [1.165, 1.54) is 24.3 Å². The summed E-state index contributed by atoms with van der Waals surface area (Å²) in [6.45, 7) is 4.79. The lowest BCUT2D eigenvalue weighted by Gasteiger charge is -2.10. The molecule has 1 aliphatic rings. The fourth-order valence-corrected chi connectivity index (χ4v) is 2.44. The van der Waals surface area contributed by atoms with E-state index in [9.17, 15) is 9.18 Å². The van der Waals surface area contributed by atoms with Gasteiger partial charge in [-0.1, -0.05) is 0 Å². The van der Waals surface area contributed by atoms with Gasteiger partial charge in [0.15, 0.2) is 5.70 Å². The van der Waals surface area contributed by atoms with E-state index in [-0.39, 0.29) is 17.4 Å². The van der Waals surface area contributed by atoms with Crippen LogP contribution in [-0.2, 0) is 9.53 Å². The van der Waals surface area contributed by atoms with Crippen LogP contribution in [0.5, 0.6) is 11.5 Å². The molecule has 0 amide bonds. The van der Waals surface area contributed by atoms with E-state index in [1.807, 2.05) is 13.8 Å². The van der Waals surface area contributed by atoms with E-state index in [4.69, 9.17) is 14.2 Å². The molecule has 0 saturated carbocycles. The van der Waals surface area contributed by atoms with Crippen molar-refractivity contribution in [2.75, 3.05) is 13.2 Å². The number of cyclic esters (lactones) is 1. The number of hydrogen-bond acceptors (Lipinski definition) is 5. The van der Waals surface area contributed by atoms with Crippen molar-refractivity contribution in [3.05, 3.63) is 65.1 Å². The van der Waals surface area contributed by atoms with Crippen molar-refractivity contribution in [3.63, 3.8) is 0 Å². The van der Waals surface area contributed by atoms with Crippen LogP contribution in [0, 0.1) is 5.82 Å². The third kappa shape index (κ3) is 3.91. The molecule has 5 nitrogen and oxygen atoms in total. The first-order valence-electron chi connectivity index (χ1n) is 8.29. The highest BCUT2D eigenvalue weighted by Crippen LogP contribution is 2.29. The molecule has 3 rings (SSSR count). The van der Waals surface area contributed by atoms with Crippen molar-refractivity contribution in [1.82, 2.24) is 0 Å². The maximum atomic E-state index is 13.0. The molecule has 2 aromatic rings. The lowest BCUT2D eigenvalue weighted by molar-refractivity contribution is -0.129. The van der Waals surface area contributed by atoms with Gasteiger partial charge in [-0.3, -0.25) is 0 Å². The highest BCUT2D eigenvalue weighted by molar-refractivity contribution is 6.12. The molecule has 1 aliphatic heterocycles. The highest BCUT2D eigenvalue weighted by atomic mass is 19.1. The minimum atomic E-state index is -0.569. The lowest BCUT2D eigenvalue weighted by atomic mass is 10.1. The number of rotatable bonds is 6. The third-order valence-corrected chi connectivity index (χ3v) is 3.60. The van der Waals surface area contributed by atoms with E-state index in [2.05, 4.69) is 4.99 Å². The van der Waals surface area contributed by atoms with Gasteiger partial charge in [0.05, 0.1) is 13.2 Å². The Hall–Kier alpha value is -3.15. The second-order valence-electron chi connectivity index (χ2n) is 5.41. The van der Waals surface area contributed by atoms with Gasteiger partial charge in [0.25, 0.3) is 0 Å². The summed E-state index contributed by atoms with van der Waals surface area (Å²) in [7, 11) is 0. The van der Waals surface area contributed by atoms with Crippen LogP contribution in [0.1, 0.15) is 25.0 Å². The number of esters is 1. The smallest absolute Gasteiger partial charge is 0.363 e. The summed E-state index contributed by atoms with van der Waals surface area (Å²) in [4.78, 5) is 16.3. The second kappa shape index (κ2) is 7.82. The topological polar surface area (TPSA) is 57.1 Å². The molecule has 0 aromatic heterocycles.